The lowest BCUT2D eigenvalue weighted by Gasteiger charge is -2.10. The monoisotopic (exact) mass is 682 g/mol. The Morgan fingerprint density at radius 1 is 0.800 bits per heavy atom. The maximum atomic E-state index is 12.3. The number of aliphatic carboxylic acids is 2. The molecule has 4 rings (SSSR count). The third-order valence-electron chi connectivity index (χ3n) is 9.11. The highest BCUT2D eigenvalue weighted by Gasteiger charge is 2.25. The second-order valence-electron chi connectivity index (χ2n) is 12.5. The number of aromatic nitrogens is 2. The molecule has 2 aromatic heterocycles. The molecule has 7 N–H and O–H groups in total. The van der Waals surface area contributed by atoms with Crippen molar-refractivity contribution in [1.29, 1.82) is 0 Å². The molecule has 0 aliphatic carbocycles. The largest absolute Gasteiger partial charge is 0.481 e. The Morgan fingerprint density at radius 2 is 1.26 bits per heavy atom. The molecule has 0 spiro atoms. The van der Waals surface area contributed by atoms with Gasteiger partial charge in [-0.3, -0.25) is 19.2 Å². The van der Waals surface area contributed by atoms with Gasteiger partial charge in [0.05, 0.1) is 5.70 Å². The van der Waals surface area contributed by atoms with Gasteiger partial charge in [-0.25, -0.2) is 0 Å². The van der Waals surface area contributed by atoms with Crippen LogP contribution in [0, 0.1) is 26.2 Å². The topological polar surface area (TPSA) is 185 Å². The molecule has 11 nitrogen and oxygen atoms in total. The van der Waals surface area contributed by atoms with Crippen LogP contribution >= 0.6 is 0 Å². The van der Waals surface area contributed by atoms with Gasteiger partial charge in [0.1, 0.15) is 5.60 Å². The number of nitrogens with one attached hydrogen (secondary N) is 4. The number of hydrogen-bond donors (Lipinski definition) is 7. The number of terminal acetylenes is 1. The first-order valence-corrected chi connectivity index (χ1v) is 16.3. The smallest absolute Gasteiger partial charge is 0.303 e. The number of allylic oxidation sites excluding steroid dienone is 2. The SMILES string of the molecule is C#CC(C)(O)CC.C=CC1=C(C)/C(=C/c2[nH]c(Cc3[nH]c(/C=C4\NC(=O)C(C)=C4C=C)c(C)c3CCC(=O)O)c(CCC(=O)O)c2C)NC1=O. The molecule has 2 amide bonds. The fourth-order valence-electron chi connectivity index (χ4n) is 5.71. The summed E-state index contributed by atoms with van der Waals surface area (Å²) in [4.78, 5) is 54.5. The van der Waals surface area contributed by atoms with Gasteiger partial charge >= 0.3 is 11.9 Å². The lowest BCUT2D eigenvalue weighted by atomic mass is 9.98. The number of hydrogen-bond acceptors (Lipinski definition) is 5. The number of rotatable bonds is 13. The second-order valence-corrected chi connectivity index (χ2v) is 12.5. The van der Waals surface area contributed by atoms with Gasteiger partial charge in [0.15, 0.2) is 0 Å². The molecule has 0 fully saturated rings. The Hall–Kier alpha value is -5.60. The summed E-state index contributed by atoms with van der Waals surface area (Å²) in [6, 6.07) is 0. The zero-order valence-corrected chi connectivity index (χ0v) is 29.5. The predicted octanol–water partition coefficient (Wildman–Crippen LogP) is 5.31. The molecule has 1 atom stereocenters. The van der Waals surface area contributed by atoms with Crippen LogP contribution in [0.3, 0.4) is 0 Å². The van der Waals surface area contributed by atoms with Gasteiger partial charge in [-0.15, -0.1) is 6.42 Å². The molecule has 2 aliphatic rings. The van der Waals surface area contributed by atoms with E-state index in [4.69, 9.17) is 11.5 Å². The summed E-state index contributed by atoms with van der Waals surface area (Å²) in [6.45, 7) is 18.4. The molecule has 0 saturated heterocycles. The Kier molecular flexibility index (Phi) is 12.6. The second kappa shape index (κ2) is 16.2. The van der Waals surface area contributed by atoms with E-state index < -0.39 is 17.5 Å². The van der Waals surface area contributed by atoms with E-state index in [2.05, 4.69) is 39.7 Å². The van der Waals surface area contributed by atoms with Crippen molar-refractivity contribution in [2.24, 2.45) is 0 Å². The minimum atomic E-state index is -0.922. The molecule has 0 radical (unpaired) electrons. The summed E-state index contributed by atoms with van der Waals surface area (Å²) >= 11 is 0. The Morgan fingerprint density at radius 3 is 1.64 bits per heavy atom. The summed E-state index contributed by atoms with van der Waals surface area (Å²) in [5.74, 6) is -0.0300. The van der Waals surface area contributed by atoms with E-state index in [0.29, 0.717) is 41.0 Å². The predicted molar refractivity (Wildman–Crippen MR) is 194 cm³/mol. The third kappa shape index (κ3) is 8.89. The van der Waals surface area contributed by atoms with Crippen LogP contribution in [0.5, 0.6) is 0 Å². The molecule has 264 valence electrons. The minimum Gasteiger partial charge on any atom is -0.481 e. The first-order valence-electron chi connectivity index (χ1n) is 16.3. The van der Waals surface area contributed by atoms with Crippen molar-refractivity contribution < 1.29 is 34.5 Å². The zero-order valence-electron chi connectivity index (χ0n) is 29.5. The van der Waals surface area contributed by atoms with Gasteiger partial charge in [-0.2, -0.15) is 0 Å². The number of aliphatic hydroxyl groups is 1. The Bertz CT molecular complexity index is 1920. The van der Waals surface area contributed by atoms with Gasteiger partial charge in [-0.05, 0) is 93.9 Å². The lowest BCUT2D eigenvalue weighted by Crippen LogP contribution is -2.18. The molecule has 50 heavy (non-hydrogen) atoms. The van der Waals surface area contributed by atoms with Crippen molar-refractivity contribution in [3.63, 3.8) is 0 Å². The Balaban J connectivity index is 0.000000872. The number of amides is 2. The van der Waals surface area contributed by atoms with E-state index in [0.717, 1.165) is 50.6 Å². The molecule has 0 saturated carbocycles. The van der Waals surface area contributed by atoms with Crippen LogP contribution in [0.25, 0.3) is 12.2 Å². The number of carboxylic acid groups (broad SMARTS) is 2. The van der Waals surface area contributed by atoms with Crippen LogP contribution in [0.1, 0.15) is 92.0 Å². The van der Waals surface area contributed by atoms with Gasteiger partial charge in [0.25, 0.3) is 11.8 Å². The average molecular weight is 683 g/mol. The van der Waals surface area contributed by atoms with E-state index in [1.165, 1.54) is 6.08 Å². The number of carboxylic acids is 2. The first-order chi connectivity index (χ1) is 23.5. The molecule has 2 aromatic rings. The maximum absolute atomic E-state index is 12.3. The summed E-state index contributed by atoms with van der Waals surface area (Å²) in [7, 11) is 0. The molecule has 0 aromatic carbocycles. The van der Waals surface area contributed by atoms with Gasteiger partial charge < -0.3 is 35.9 Å². The lowest BCUT2D eigenvalue weighted by molar-refractivity contribution is -0.138. The van der Waals surface area contributed by atoms with Crippen LogP contribution in [0.15, 0.2) is 59.0 Å². The number of carbonyl (C=O) groups is 4. The van der Waals surface area contributed by atoms with E-state index in [1.54, 1.807) is 19.9 Å². The van der Waals surface area contributed by atoms with Crippen molar-refractivity contribution in [1.82, 2.24) is 20.6 Å². The fourth-order valence-corrected chi connectivity index (χ4v) is 5.71. The van der Waals surface area contributed by atoms with E-state index in [-0.39, 0.29) is 37.5 Å². The number of H-pyrrole nitrogens is 2. The fraction of sp³-hybridized carbons (Fsp3) is 0.333. The summed E-state index contributed by atoms with van der Waals surface area (Å²) in [5.41, 5.74) is 9.30. The zero-order chi connectivity index (χ0) is 37.5. The molecule has 1 unspecified atom stereocenters. The van der Waals surface area contributed by atoms with Crippen molar-refractivity contribution in [2.45, 2.75) is 85.7 Å². The number of aromatic amines is 2. The van der Waals surface area contributed by atoms with E-state index >= 15 is 0 Å². The van der Waals surface area contributed by atoms with Gasteiger partial charge in [0.2, 0.25) is 0 Å². The van der Waals surface area contributed by atoms with Crippen LogP contribution < -0.4 is 10.6 Å². The van der Waals surface area contributed by atoms with Crippen molar-refractivity contribution in [2.75, 3.05) is 0 Å². The standard InChI is InChI=1S/C33H36N4O6.C6H10O/c1-7-20-19(6)32(42)37-27(20)14-25-18(5)23(10-12-31(40)41)29(35-25)15-28-22(9-11-30(38)39)17(4)24(34-28)13-26-16(3)21(8-2)33(43)36-26;1-4-6(3,7)5-2/h7-8,13-14,34-35H,1-2,9-12,15H2,3-6H3,(H,36,43)(H,37,42)(H,38,39)(H,40,41);1,7H,5H2,2-3H3/b26-13-,27-14-;. The van der Waals surface area contributed by atoms with Gasteiger partial charge in [0, 0.05) is 64.5 Å². The van der Waals surface area contributed by atoms with Crippen LogP contribution in [-0.2, 0) is 38.4 Å². The highest BCUT2D eigenvalue weighted by molar-refractivity contribution is 6.03. The van der Waals surface area contributed by atoms with Crippen molar-refractivity contribution in [3.05, 3.63) is 104 Å². The summed E-state index contributed by atoms with van der Waals surface area (Å²) in [6.07, 6.45) is 13.1. The molecule has 2 aliphatic heterocycles. The van der Waals surface area contributed by atoms with E-state index in [9.17, 15) is 29.4 Å². The van der Waals surface area contributed by atoms with Crippen LogP contribution in [0.2, 0.25) is 0 Å². The maximum Gasteiger partial charge on any atom is 0.303 e. The first kappa shape index (κ1) is 38.8. The minimum absolute atomic E-state index is 0.0688. The average Bonchev–Trinajstić information content (AvgIpc) is 3.71. The number of carbonyl (C=O) groups excluding carboxylic acids is 2. The molecule has 11 heteroatoms. The molecular weight excluding hydrogens is 636 g/mol. The molecule has 0 bridgehead atoms. The quantitative estimate of drug-likeness (QED) is 0.140. The summed E-state index contributed by atoms with van der Waals surface area (Å²) < 4.78 is 0. The Labute approximate surface area is 292 Å². The van der Waals surface area contributed by atoms with Crippen molar-refractivity contribution >= 4 is 35.9 Å². The van der Waals surface area contributed by atoms with Crippen LogP contribution in [-0.4, -0.2) is 54.6 Å². The van der Waals surface area contributed by atoms with Gasteiger partial charge in [-0.1, -0.05) is 38.2 Å². The van der Waals surface area contributed by atoms with Crippen molar-refractivity contribution in [3.8, 4) is 12.3 Å². The highest BCUT2D eigenvalue weighted by Crippen LogP contribution is 2.31. The molecular formula is C39H46N4O7. The molecule has 4 heterocycles. The third-order valence-corrected chi connectivity index (χ3v) is 9.11. The van der Waals surface area contributed by atoms with E-state index in [1.807, 2.05) is 39.8 Å². The normalized spacial score (nSPS) is 16.9. The van der Waals surface area contributed by atoms with Crippen LogP contribution in [0.4, 0.5) is 0 Å². The summed E-state index contributed by atoms with van der Waals surface area (Å²) in [5, 5.41) is 33.5. The highest BCUT2D eigenvalue weighted by atomic mass is 16.4.